The van der Waals surface area contributed by atoms with Gasteiger partial charge in [0.2, 0.25) is 5.91 Å². The topological polar surface area (TPSA) is 236 Å². The zero-order valence-corrected chi connectivity index (χ0v) is 22.4. The van der Waals surface area contributed by atoms with Crippen molar-refractivity contribution in [1.82, 2.24) is 15.3 Å². The van der Waals surface area contributed by atoms with Crippen LogP contribution in [-0.2, 0) is 19.2 Å². The Morgan fingerprint density at radius 1 is 0.927 bits per heavy atom. The summed E-state index contributed by atoms with van der Waals surface area (Å²) < 4.78 is 0. The molecule has 216 valence electrons. The summed E-state index contributed by atoms with van der Waals surface area (Å²) in [5.74, 6) is -3.98. The molecular formula is C27H32N8O6. The molecule has 1 heterocycles. The zero-order chi connectivity index (χ0) is 30.3. The Hall–Kier alpha value is -5.11. The van der Waals surface area contributed by atoms with E-state index in [9.17, 15) is 29.1 Å². The second kappa shape index (κ2) is 12.8. The first-order valence-electron chi connectivity index (χ1n) is 12.6. The van der Waals surface area contributed by atoms with Gasteiger partial charge in [-0.25, -0.2) is 0 Å². The van der Waals surface area contributed by atoms with Crippen molar-refractivity contribution in [2.75, 3.05) is 25.0 Å². The Balaban J connectivity index is 1.79. The Labute approximate surface area is 235 Å². The number of benzene rings is 2. The van der Waals surface area contributed by atoms with Gasteiger partial charge in [-0.1, -0.05) is 12.1 Å². The Morgan fingerprint density at radius 3 is 1.98 bits per heavy atom. The molecule has 0 aliphatic carbocycles. The number of nitrogens with one attached hydrogen (secondary N) is 4. The van der Waals surface area contributed by atoms with Crippen molar-refractivity contribution in [2.24, 2.45) is 11.5 Å². The summed E-state index contributed by atoms with van der Waals surface area (Å²) in [5, 5.41) is 28.1. The Kier molecular flexibility index (Phi) is 9.52. The molecule has 2 aromatic rings. The quantitative estimate of drug-likeness (QED) is 0.106. The Morgan fingerprint density at radius 2 is 1.46 bits per heavy atom. The third-order valence-electron chi connectivity index (χ3n) is 6.72. The lowest BCUT2D eigenvalue weighted by Crippen LogP contribution is -2.73. The number of nitrogen functional groups attached to an aromatic ring is 2. The molecule has 9 N–H and O–H groups in total. The van der Waals surface area contributed by atoms with Gasteiger partial charge in [0, 0.05) is 41.9 Å². The smallest absolute Gasteiger partial charge is 0.323 e. The summed E-state index contributed by atoms with van der Waals surface area (Å²) in [6.07, 6.45) is -0.190. The molecule has 1 unspecified atom stereocenters. The van der Waals surface area contributed by atoms with E-state index in [-0.39, 0.29) is 49.6 Å². The maximum Gasteiger partial charge on any atom is 0.323 e. The molecule has 14 nitrogen and oxygen atoms in total. The standard InChI is InChI=1S/C27H32N8O6/c1-16(36)27(12-2-3-21(37)32-20-10-8-18(9-11-20)24(30)31)26(41)34(15-22(38)39)13-14-35(27)33-25(40)19-6-4-17(5-7-19)23(28)29/h4-11H,2-3,12-15H2,1H3,(H3,28,29)(H3,30,31)(H,32,37)(H,33,40)(H,38,39). The molecule has 0 aromatic heterocycles. The third kappa shape index (κ3) is 7.10. The van der Waals surface area contributed by atoms with Crippen LogP contribution in [0.15, 0.2) is 48.5 Å². The maximum absolute atomic E-state index is 13.6. The molecule has 0 bridgehead atoms. The zero-order valence-electron chi connectivity index (χ0n) is 22.4. The highest BCUT2D eigenvalue weighted by atomic mass is 16.4. The number of hydrazine groups is 1. The van der Waals surface area contributed by atoms with E-state index in [4.69, 9.17) is 22.3 Å². The number of nitrogens with zero attached hydrogens (tertiary/aromatic N) is 2. The van der Waals surface area contributed by atoms with Crippen LogP contribution in [0.5, 0.6) is 0 Å². The first kappa shape index (κ1) is 30.4. The van der Waals surface area contributed by atoms with Crippen molar-refractivity contribution in [3.63, 3.8) is 0 Å². The first-order chi connectivity index (χ1) is 19.3. The van der Waals surface area contributed by atoms with Crippen molar-refractivity contribution in [1.29, 1.82) is 10.8 Å². The lowest BCUT2D eigenvalue weighted by molar-refractivity contribution is -0.165. The van der Waals surface area contributed by atoms with E-state index in [0.29, 0.717) is 16.8 Å². The minimum absolute atomic E-state index is 0.0371. The fourth-order valence-corrected chi connectivity index (χ4v) is 4.56. The number of carbonyl (C=O) groups is 5. The molecule has 3 rings (SSSR count). The normalized spacial score (nSPS) is 17.0. The molecule has 0 saturated carbocycles. The Bertz CT molecular complexity index is 1380. The molecule has 0 radical (unpaired) electrons. The van der Waals surface area contributed by atoms with Gasteiger partial charge in [0.1, 0.15) is 18.2 Å². The second-order valence-corrected chi connectivity index (χ2v) is 9.51. The molecule has 0 spiro atoms. The van der Waals surface area contributed by atoms with Crippen molar-refractivity contribution < 1.29 is 29.1 Å². The van der Waals surface area contributed by atoms with Crippen molar-refractivity contribution in [3.05, 3.63) is 65.2 Å². The summed E-state index contributed by atoms with van der Waals surface area (Å²) in [6.45, 7) is 0.462. The van der Waals surface area contributed by atoms with Crippen LogP contribution in [0.1, 0.15) is 47.7 Å². The number of hydrogen-bond acceptors (Lipinski definition) is 8. The number of carboxylic acid groups (broad SMARTS) is 1. The van der Waals surface area contributed by atoms with E-state index >= 15 is 0 Å². The highest BCUT2D eigenvalue weighted by molar-refractivity contribution is 6.11. The first-order valence-corrected chi connectivity index (χ1v) is 12.6. The van der Waals surface area contributed by atoms with E-state index in [0.717, 1.165) is 4.90 Å². The van der Waals surface area contributed by atoms with Crippen LogP contribution in [-0.4, -0.2) is 81.3 Å². The van der Waals surface area contributed by atoms with E-state index in [1.165, 1.54) is 36.2 Å². The molecule has 1 aliphatic rings. The predicted octanol–water partition coefficient (Wildman–Crippen LogP) is 0.265. The van der Waals surface area contributed by atoms with E-state index in [1.807, 2.05) is 0 Å². The molecule has 1 aliphatic heterocycles. The van der Waals surface area contributed by atoms with Gasteiger partial charge in [0.15, 0.2) is 11.3 Å². The van der Waals surface area contributed by atoms with E-state index in [2.05, 4.69) is 10.7 Å². The predicted molar refractivity (Wildman–Crippen MR) is 149 cm³/mol. The highest BCUT2D eigenvalue weighted by Crippen LogP contribution is 2.29. The number of amidine groups is 2. The third-order valence-corrected chi connectivity index (χ3v) is 6.72. The van der Waals surface area contributed by atoms with Crippen LogP contribution in [0.2, 0.25) is 0 Å². The van der Waals surface area contributed by atoms with Crippen LogP contribution in [0.4, 0.5) is 5.69 Å². The summed E-state index contributed by atoms with van der Waals surface area (Å²) in [4.78, 5) is 64.8. The molecule has 1 fully saturated rings. The summed E-state index contributed by atoms with van der Waals surface area (Å²) >= 11 is 0. The van der Waals surface area contributed by atoms with Crippen LogP contribution in [0.25, 0.3) is 0 Å². The largest absolute Gasteiger partial charge is 0.480 e. The molecule has 2 aromatic carbocycles. The monoisotopic (exact) mass is 564 g/mol. The van der Waals surface area contributed by atoms with E-state index in [1.54, 1.807) is 24.3 Å². The van der Waals surface area contributed by atoms with Crippen molar-refractivity contribution in [3.8, 4) is 0 Å². The minimum Gasteiger partial charge on any atom is -0.480 e. The second-order valence-electron chi connectivity index (χ2n) is 9.51. The number of hydrogen-bond donors (Lipinski definition) is 7. The molecule has 3 amide bonds. The lowest BCUT2D eigenvalue weighted by Gasteiger charge is -2.47. The van der Waals surface area contributed by atoms with Crippen LogP contribution in [0, 0.1) is 10.8 Å². The van der Waals surface area contributed by atoms with Crippen molar-refractivity contribution >= 4 is 46.8 Å². The molecule has 1 saturated heterocycles. The number of anilines is 1. The number of ketones is 1. The average molecular weight is 565 g/mol. The number of nitrogens with two attached hydrogens (primary N) is 2. The summed E-state index contributed by atoms with van der Waals surface area (Å²) in [5.41, 5.74) is 13.1. The van der Waals surface area contributed by atoms with Gasteiger partial charge in [-0.2, -0.15) is 5.01 Å². The molecule has 41 heavy (non-hydrogen) atoms. The number of piperazine rings is 1. The number of carboxylic acids is 1. The number of aliphatic carboxylic acids is 1. The molecule has 14 heteroatoms. The van der Waals surface area contributed by atoms with Crippen LogP contribution >= 0.6 is 0 Å². The van der Waals surface area contributed by atoms with Crippen LogP contribution in [0.3, 0.4) is 0 Å². The lowest BCUT2D eigenvalue weighted by atomic mass is 9.84. The summed E-state index contributed by atoms with van der Waals surface area (Å²) in [7, 11) is 0. The number of Topliss-reactive ketones (excluding diaryl/α,β-unsaturated/α-hetero) is 1. The van der Waals surface area contributed by atoms with Gasteiger partial charge in [0.05, 0.1) is 0 Å². The average Bonchev–Trinajstić information content (AvgIpc) is 2.91. The minimum atomic E-state index is -1.94. The van der Waals surface area contributed by atoms with Crippen LogP contribution < -0.4 is 22.2 Å². The van der Waals surface area contributed by atoms with Gasteiger partial charge in [-0.3, -0.25) is 40.2 Å². The maximum atomic E-state index is 13.6. The molecular weight excluding hydrogens is 532 g/mol. The SMILES string of the molecule is CC(=O)C1(CCCC(=O)Nc2ccc(C(=N)N)cc2)C(=O)N(CC(=O)O)CCN1NC(=O)c1ccc(C(=N)N)cc1. The van der Waals surface area contributed by atoms with Gasteiger partial charge >= 0.3 is 5.97 Å². The van der Waals surface area contributed by atoms with Gasteiger partial charge < -0.3 is 26.8 Å². The van der Waals surface area contributed by atoms with Gasteiger partial charge in [0.25, 0.3) is 11.8 Å². The fourth-order valence-electron chi connectivity index (χ4n) is 4.56. The number of rotatable bonds is 12. The van der Waals surface area contributed by atoms with E-state index < -0.39 is 41.6 Å². The van der Waals surface area contributed by atoms with Gasteiger partial charge in [-0.15, -0.1) is 0 Å². The molecule has 1 atom stereocenters. The number of amides is 3. The summed E-state index contributed by atoms with van der Waals surface area (Å²) in [6, 6.07) is 12.2. The van der Waals surface area contributed by atoms with Crippen molar-refractivity contribution in [2.45, 2.75) is 31.7 Å². The fraction of sp³-hybridized carbons (Fsp3) is 0.296. The highest BCUT2D eigenvalue weighted by Gasteiger charge is 2.53. The number of carbonyl (C=O) groups excluding carboxylic acids is 4. The van der Waals surface area contributed by atoms with Gasteiger partial charge in [-0.05, 0) is 56.2 Å².